The minimum absolute atomic E-state index is 0.0511. The molecule has 3 heterocycles. The van der Waals surface area contributed by atoms with Gasteiger partial charge in [-0.25, -0.2) is 0 Å². The van der Waals surface area contributed by atoms with Gasteiger partial charge in [0.25, 0.3) is 0 Å². The summed E-state index contributed by atoms with van der Waals surface area (Å²) >= 11 is 0. The highest BCUT2D eigenvalue weighted by Gasteiger charge is 2.23. The number of likely N-dealkylation sites (tertiary alicyclic amines) is 1. The topological polar surface area (TPSA) is 124 Å². The third-order valence-corrected chi connectivity index (χ3v) is 3.85. The first-order chi connectivity index (χ1) is 10.7. The molecule has 0 atom stereocenters. The molecule has 0 spiro atoms. The van der Waals surface area contributed by atoms with Gasteiger partial charge in [-0.2, -0.15) is 15.2 Å². The minimum atomic E-state index is -0.0970. The molecular formula is C14H17N7O. The molecular weight excluding hydrogens is 282 g/mol. The standard InChI is InChI=1S/C14H17N7O/c15-5-1-11(22)21-7-3-9(4-8-21)18-13-10-2-6-17-12(10)19-14(16)20-13/h2,6,9H,1,3-4,7-8H2,(H4,16,17,18,19,20). The number of aromatic nitrogens is 3. The van der Waals surface area contributed by atoms with Gasteiger partial charge in [-0.15, -0.1) is 0 Å². The van der Waals surface area contributed by atoms with Crippen LogP contribution in [0.1, 0.15) is 19.3 Å². The van der Waals surface area contributed by atoms with Crippen LogP contribution < -0.4 is 11.1 Å². The highest BCUT2D eigenvalue weighted by Crippen LogP contribution is 2.23. The largest absolute Gasteiger partial charge is 0.368 e. The number of hydrogen-bond donors (Lipinski definition) is 3. The van der Waals surface area contributed by atoms with Gasteiger partial charge in [-0.1, -0.05) is 0 Å². The number of nitrogens with zero attached hydrogens (tertiary/aromatic N) is 4. The number of hydrogen-bond acceptors (Lipinski definition) is 6. The fourth-order valence-electron chi connectivity index (χ4n) is 2.71. The van der Waals surface area contributed by atoms with Gasteiger partial charge in [-0.05, 0) is 18.9 Å². The van der Waals surface area contributed by atoms with Crippen LogP contribution >= 0.6 is 0 Å². The molecule has 2 aromatic heterocycles. The first kappa shape index (κ1) is 14.1. The van der Waals surface area contributed by atoms with Gasteiger partial charge in [0.1, 0.15) is 17.9 Å². The second kappa shape index (κ2) is 5.89. The Balaban J connectivity index is 1.66. The SMILES string of the molecule is N#CCC(=O)N1CCC(Nc2nc(N)nc3[nH]ccc23)CC1. The smallest absolute Gasteiger partial charge is 0.236 e. The van der Waals surface area contributed by atoms with E-state index in [1.54, 1.807) is 11.1 Å². The van der Waals surface area contributed by atoms with E-state index in [1.165, 1.54) is 0 Å². The molecule has 114 valence electrons. The van der Waals surface area contributed by atoms with Crippen LogP contribution in [-0.2, 0) is 4.79 Å². The molecule has 4 N–H and O–H groups in total. The molecule has 1 saturated heterocycles. The van der Waals surface area contributed by atoms with Crippen molar-refractivity contribution in [3.05, 3.63) is 12.3 Å². The Bertz CT molecular complexity index is 724. The molecule has 0 bridgehead atoms. The fourth-order valence-corrected chi connectivity index (χ4v) is 2.71. The lowest BCUT2D eigenvalue weighted by atomic mass is 10.0. The highest BCUT2D eigenvalue weighted by molar-refractivity contribution is 5.88. The Kier molecular flexibility index (Phi) is 3.78. The maximum Gasteiger partial charge on any atom is 0.236 e. The van der Waals surface area contributed by atoms with Gasteiger partial charge in [0, 0.05) is 25.3 Å². The third kappa shape index (κ3) is 2.79. The average molecular weight is 299 g/mol. The zero-order chi connectivity index (χ0) is 15.5. The van der Waals surface area contributed by atoms with Crippen molar-refractivity contribution in [1.82, 2.24) is 19.9 Å². The number of fused-ring (bicyclic) bond motifs is 1. The van der Waals surface area contributed by atoms with E-state index >= 15 is 0 Å². The van der Waals surface area contributed by atoms with Gasteiger partial charge in [0.2, 0.25) is 11.9 Å². The van der Waals surface area contributed by atoms with Crippen molar-refractivity contribution < 1.29 is 4.79 Å². The molecule has 1 aliphatic rings. The molecule has 1 amide bonds. The number of nitrogen functional groups attached to an aromatic ring is 1. The molecule has 0 unspecified atom stereocenters. The third-order valence-electron chi connectivity index (χ3n) is 3.85. The van der Waals surface area contributed by atoms with Gasteiger partial charge in [0.15, 0.2) is 0 Å². The number of H-pyrrole nitrogens is 1. The average Bonchev–Trinajstić information content (AvgIpc) is 2.96. The first-order valence-corrected chi connectivity index (χ1v) is 7.19. The molecule has 0 radical (unpaired) electrons. The number of anilines is 2. The van der Waals surface area contributed by atoms with Gasteiger partial charge in [-0.3, -0.25) is 4.79 Å². The second-order valence-corrected chi connectivity index (χ2v) is 5.30. The summed E-state index contributed by atoms with van der Waals surface area (Å²) < 4.78 is 0. The van der Waals surface area contributed by atoms with Crippen molar-refractivity contribution in [3.8, 4) is 6.07 Å². The summed E-state index contributed by atoms with van der Waals surface area (Å²) in [5.41, 5.74) is 6.42. The summed E-state index contributed by atoms with van der Waals surface area (Å²) in [6.07, 6.45) is 3.37. The van der Waals surface area contributed by atoms with Crippen molar-refractivity contribution in [2.75, 3.05) is 24.1 Å². The van der Waals surface area contributed by atoms with Crippen LogP contribution in [0.4, 0.5) is 11.8 Å². The number of rotatable bonds is 3. The lowest BCUT2D eigenvalue weighted by molar-refractivity contribution is -0.131. The number of nitrogens with one attached hydrogen (secondary N) is 2. The van der Waals surface area contributed by atoms with Crippen LogP contribution in [0.25, 0.3) is 11.0 Å². The molecule has 0 aliphatic carbocycles. The Hall–Kier alpha value is -2.82. The minimum Gasteiger partial charge on any atom is -0.368 e. The Morgan fingerprint density at radius 1 is 1.50 bits per heavy atom. The number of amides is 1. The summed E-state index contributed by atoms with van der Waals surface area (Å²) in [5.74, 6) is 0.838. The zero-order valence-electron chi connectivity index (χ0n) is 12.0. The van der Waals surface area contributed by atoms with E-state index in [2.05, 4.69) is 20.3 Å². The van der Waals surface area contributed by atoms with Crippen LogP contribution in [0, 0.1) is 11.3 Å². The summed E-state index contributed by atoms with van der Waals surface area (Å²) in [6, 6.07) is 4.02. The molecule has 8 heteroatoms. The van der Waals surface area contributed by atoms with Crippen LogP contribution in [0.15, 0.2) is 12.3 Å². The fraction of sp³-hybridized carbons (Fsp3) is 0.429. The first-order valence-electron chi connectivity index (χ1n) is 7.19. The van der Waals surface area contributed by atoms with Crippen molar-refractivity contribution >= 4 is 28.7 Å². The van der Waals surface area contributed by atoms with E-state index in [0.29, 0.717) is 24.6 Å². The van der Waals surface area contributed by atoms with Gasteiger partial charge >= 0.3 is 0 Å². The lowest BCUT2D eigenvalue weighted by Gasteiger charge is -2.32. The van der Waals surface area contributed by atoms with Gasteiger partial charge in [0.05, 0.1) is 11.5 Å². The molecule has 22 heavy (non-hydrogen) atoms. The Labute approximate surface area is 127 Å². The number of aromatic amines is 1. The monoisotopic (exact) mass is 299 g/mol. The van der Waals surface area contributed by atoms with E-state index in [1.807, 2.05) is 12.1 Å². The number of nitriles is 1. The maximum atomic E-state index is 11.7. The number of piperidine rings is 1. The zero-order valence-corrected chi connectivity index (χ0v) is 12.0. The second-order valence-electron chi connectivity index (χ2n) is 5.30. The Morgan fingerprint density at radius 3 is 3.00 bits per heavy atom. The summed E-state index contributed by atoms with van der Waals surface area (Å²) in [7, 11) is 0. The van der Waals surface area contributed by atoms with Crippen LogP contribution in [0.2, 0.25) is 0 Å². The van der Waals surface area contributed by atoms with Crippen molar-refractivity contribution in [1.29, 1.82) is 5.26 Å². The number of nitrogens with two attached hydrogens (primary N) is 1. The highest BCUT2D eigenvalue weighted by atomic mass is 16.2. The van der Waals surface area contributed by atoms with Crippen molar-refractivity contribution in [3.63, 3.8) is 0 Å². The van der Waals surface area contributed by atoms with Crippen LogP contribution in [0.5, 0.6) is 0 Å². The van der Waals surface area contributed by atoms with Gasteiger partial charge < -0.3 is 20.9 Å². The molecule has 0 aromatic carbocycles. The van der Waals surface area contributed by atoms with Crippen molar-refractivity contribution in [2.24, 2.45) is 0 Å². The van der Waals surface area contributed by atoms with E-state index in [0.717, 1.165) is 18.2 Å². The molecule has 0 saturated carbocycles. The molecule has 1 aliphatic heterocycles. The molecule has 3 rings (SSSR count). The number of carbonyl (C=O) groups is 1. The van der Waals surface area contributed by atoms with Crippen LogP contribution in [-0.4, -0.2) is 44.9 Å². The normalized spacial score (nSPS) is 15.7. The molecule has 8 nitrogen and oxygen atoms in total. The quantitative estimate of drug-likeness (QED) is 0.772. The maximum absolute atomic E-state index is 11.7. The van der Waals surface area contributed by atoms with E-state index in [-0.39, 0.29) is 24.3 Å². The molecule has 2 aromatic rings. The summed E-state index contributed by atoms with van der Waals surface area (Å²) in [5, 5.41) is 12.9. The predicted octanol–water partition coefficient (Wildman–Crippen LogP) is 0.857. The van der Waals surface area contributed by atoms with E-state index in [4.69, 9.17) is 11.0 Å². The number of carbonyl (C=O) groups excluding carboxylic acids is 1. The Morgan fingerprint density at radius 2 is 2.27 bits per heavy atom. The lowest BCUT2D eigenvalue weighted by Crippen LogP contribution is -2.42. The van der Waals surface area contributed by atoms with Crippen LogP contribution in [0.3, 0.4) is 0 Å². The predicted molar refractivity (Wildman–Crippen MR) is 81.8 cm³/mol. The molecule has 1 fully saturated rings. The van der Waals surface area contributed by atoms with E-state index < -0.39 is 0 Å². The van der Waals surface area contributed by atoms with Crippen molar-refractivity contribution in [2.45, 2.75) is 25.3 Å². The summed E-state index contributed by atoms with van der Waals surface area (Å²) in [6.45, 7) is 1.30. The van der Waals surface area contributed by atoms with E-state index in [9.17, 15) is 4.79 Å². The summed E-state index contributed by atoms with van der Waals surface area (Å²) in [4.78, 5) is 24.8.